The highest BCUT2D eigenvalue weighted by molar-refractivity contribution is 9.10. The first-order valence-electron chi connectivity index (χ1n) is 4.14. The number of nitrogens with one attached hydrogen (secondary N) is 1. The first kappa shape index (κ1) is 11.5. The normalized spacial score (nSPS) is 12.6. The second kappa shape index (κ2) is 5.31. The molecule has 0 fully saturated rings. The molecule has 0 aromatic heterocycles. The molecule has 1 rings (SSSR count). The van der Waals surface area contributed by atoms with Crippen molar-refractivity contribution in [2.75, 3.05) is 13.7 Å². The van der Waals surface area contributed by atoms with Crippen molar-refractivity contribution in [2.45, 2.75) is 6.10 Å². The number of aliphatic hydroxyl groups excluding tert-OH is 1. The van der Waals surface area contributed by atoms with E-state index >= 15 is 0 Å². The minimum atomic E-state index is -0.609. The van der Waals surface area contributed by atoms with E-state index in [2.05, 4.69) is 21.4 Å². The number of methoxy groups -OCH3 is 1. The summed E-state index contributed by atoms with van der Waals surface area (Å²) in [5, 5.41) is 9.60. The number of benzene rings is 1. The summed E-state index contributed by atoms with van der Waals surface area (Å²) < 4.78 is 5.88. The van der Waals surface area contributed by atoms with Gasteiger partial charge in [-0.2, -0.15) is 0 Å². The molecule has 4 nitrogen and oxygen atoms in total. The Hall–Kier alpha value is -0.620. The molecule has 1 unspecified atom stereocenters. The molecule has 14 heavy (non-hydrogen) atoms. The van der Waals surface area contributed by atoms with E-state index in [0.29, 0.717) is 6.54 Å². The van der Waals surface area contributed by atoms with E-state index in [0.717, 1.165) is 15.8 Å². The number of hydrogen-bond donors (Lipinski definition) is 3. The molecule has 0 bridgehead atoms. The third-order valence-corrected chi connectivity index (χ3v) is 2.49. The summed E-state index contributed by atoms with van der Waals surface area (Å²) in [6, 6.07) is 5.39. The Labute approximate surface area is 91.2 Å². The van der Waals surface area contributed by atoms with Crippen LogP contribution in [0.15, 0.2) is 22.7 Å². The molecule has 78 valence electrons. The number of ether oxygens (including phenoxy) is 1. The minimum Gasteiger partial charge on any atom is -0.496 e. The molecular formula is C9H13BrN2O2. The maximum Gasteiger partial charge on any atom is 0.133 e. The predicted octanol–water partition coefficient (Wildman–Crippen LogP) is 0.954. The summed E-state index contributed by atoms with van der Waals surface area (Å²) in [6.07, 6.45) is -0.609. The third kappa shape index (κ3) is 2.68. The molecule has 0 saturated carbocycles. The van der Waals surface area contributed by atoms with Crippen LogP contribution < -0.4 is 16.0 Å². The molecule has 0 aliphatic carbocycles. The van der Waals surface area contributed by atoms with Gasteiger partial charge in [-0.15, -0.1) is 0 Å². The van der Waals surface area contributed by atoms with Crippen LogP contribution in [0.2, 0.25) is 0 Å². The van der Waals surface area contributed by atoms with Crippen molar-refractivity contribution in [3.63, 3.8) is 0 Å². The van der Waals surface area contributed by atoms with Gasteiger partial charge >= 0.3 is 0 Å². The van der Waals surface area contributed by atoms with Crippen molar-refractivity contribution < 1.29 is 9.84 Å². The number of hydrazine groups is 1. The van der Waals surface area contributed by atoms with E-state index in [1.807, 2.05) is 0 Å². The summed E-state index contributed by atoms with van der Waals surface area (Å²) in [5.41, 5.74) is 3.21. The Morgan fingerprint density at radius 3 is 2.86 bits per heavy atom. The summed E-state index contributed by atoms with van der Waals surface area (Å²) in [5.74, 6) is 5.85. The lowest BCUT2D eigenvalue weighted by Crippen LogP contribution is -2.27. The summed E-state index contributed by atoms with van der Waals surface area (Å²) in [4.78, 5) is 0. The maximum absolute atomic E-state index is 9.60. The second-order valence-corrected chi connectivity index (χ2v) is 3.67. The van der Waals surface area contributed by atoms with Crippen molar-refractivity contribution in [2.24, 2.45) is 5.84 Å². The van der Waals surface area contributed by atoms with Gasteiger partial charge in [0.25, 0.3) is 0 Å². The number of aliphatic hydroxyl groups is 1. The van der Waals surface area contributed by atoms with Crippen molar-refractivity contribution in [3.05, 3.63) is 28.2 Å². The highest BCUT2D eigenvalue weighted by Crippen LogP contribution is 2.27. The van der Waals surface area contributed by atoms with Crippen molar-refractivity contribution in [3.8, 4) is 5.75 Å². The fraction of sp³-hybridized carbons (Fsp3) is 0.333. The first-order chi connectivity index (χ1) is 6.69. The molecule has 0 aliphatic heterocycles. The van der Waals surface area contributed by atoms with Gasteiger partial charge in [0.15, 0.2) is 0 Å². The Kier molecular flexibility index (Phi) is 4.34. The Morgan fingerprint density at radius 2 is 2.36 bits per heavy atom. The van der Waals surface area contributed by atoms with E-state index in [4.69, 9.17) is 10.6 Å². The monoisotopic (exact) mass is 260 g/mol. The SMILES string of the molecule is COc1ccc(C(O)CNN)cc1Br. The van der Waals surface area contributed by atoms with E-state index < -0.39 is 6.10 Å². The van der Waals surface area contributed by atoms with Gasteiger partial charge in [0.1, 0.15) is 5.75 Å². The zero-order valence-electron chi connectivity index (χ0n) is 7.83. The molecule has 0 spiro atoms. The van der Waals surface area contributed by atoms with Crippen LogP contribution in [0.4, 0.5) is 0 Å². The second-order valence-electron chi connectivity index (χ2n) is 2.82. The molecule has 4 N–H and O–H groups in total. The lowest BCUT2D eigenvalue weighted by Gasteiger charge is -2.11. The van der Waals surface area contributed by atoms with Crippen LogP contribution >= 0.6 is 15.9 Å². The van der Waals surface area contributed by atoms with Gasteiger partial charge in [0.2, 0.25) is 0 Å². The Bertz CT molecular complexity index is 307. The van der Waals surface area contributed by atoms with Crippen LogP contribution in [-0.2, 0) is 0 Å². The van der Waals surface area contributed by atoms with Crippen LogP contribution in [0.5, 0.6) is 5.75 Å². The molecule has 0 amide bonds. The smallest absolute Gasteiger partial charge is 0.133 e. The maximum atomic E-state index is 9.60. The van der Waals surface area contributed by atoms with Gasteiger partial charge in [-0.1, -0.05) is 6.07 Å². The summed E-state index contributed by atoms with van der Waals surface area (Å²) >= 11 is 3.34. The first-order valence-corrected chi connectivity index (χ1v) is 4.93. The van der Waals surface area contributed by atoms with E-state index in [1.54, 1.807) is 25.3 Å². The Morgan fingerprint density at radius 1 is 1.64 bits per heavy atom. The lowest BCUT2D eigenvalue weighted by atomic mass is 10.1. The van der Waals surface area contributed by atoms with Crippen molar-refractivity contribution in [1.82, 2.24) is 5.43 Å². The molecule has 5 heteroatoms. The Balaban J connectivity index is 2.85. The molecule has 0 aliphatic rings. The van der Waals surface area contributed by atoms with Gasteiger partial charge in [-0.3, -0.25) is 11.3 Å². The van der Waals surface area contributed by atoms with Gasteiger partial charge in [-0.05, 0) is 33.6 Å². The van der Waals surface area contributed by atoms with Crippen molar-refractivity contribution in [1.29, 1.82) is 0 Å². The van der Waals surface area contributed by atoms with Gasteiger partial charge in [-0.25, -0.2) is 0 Å². The molecule has 0 radical (unpaired) electrons. The fourth-order valence-electron chi connectivity index (χ4n) is 1.12. The summed E-state index contributed by atoms with van der Waals surface area (Å²) in [6.45, 7) is 0.318. The standard InChI is InChI=1S/C9H13BrN2O2/c1-14-9-3-2-6(4-7(9)10)8(13)5-12-11/h2-4,8,12-13H,5,11H2,1H3. The zero-order chi connectivity index (χ0) is 10.6. The van der Waals surface area contributed by atoms with Gasteiger partial charge < -0.3 is 9.84 Å². The van der Waals surface area contributed by atoms with E-state index in [9.17, 15) is 5.11 Å². The predicted molar refractivity (Wildman–Crippen MR) is 57.8 cm³/mol. The highest BCUT2D eigenvalue weighted by atomic mass is 79.9. The zero-order valence-corrected chi connectivity index (χ0v) is 9.41. The molecule has 0 saturated heterocycles. The molecule has 1 atom stereocenters. The van der Waals surface area contributed by atoms with Gasteiger partial charge in [0, 0.05) is 6.54 Å². The topological polar surface area (TPSA) is 67.5 Å². The van der Waals surface area contributed by atoms with Gasteiger partial charge in [0.05, 0.1) is 17.7 Å². The highest BCUT2D eigenvalue weighted by Gasteiger charge is 2.08. The number of halogens is 1. The summed E-state index contributed by atoms with van der Waals surface area (Å²) in [7, 11) is 1.59. The van der Waals surface area contributed by atoms with Crippen molar-refractivity contribution >= 4 is 15.9 Å². The average molecular weight is 261 g/mol. The fourth-order valence-corrected chi connectivity index (χ4v) is 1.68. The van der Waals surface area contributed by atoms with Crippen LogP contribution in [0.25, 0.3) is 0 Å². The molecule has 1 aromatic carbocycles. The largest absolute Gasteiger partial charge is 0.496 e. The molecule has 0 heterocycles. The van der Waals surface area contributed by atoms with Crippen LogP contribution in [0, 0.1) is 0 Å². The number of rotatable bonds is 4. The molecular weight excluding hydrogens is 248 g/mol. The molecule has 1 aromatic rings. The van der Waals surface area contributed by atoms with Crippen LogP contribution in [0.3, 0.4) is 0 Å². The van der Waals surface area contributed by atoms with Crippen LogP contribution in [-0.4, -0.2) is 18.8 Å². The lowest BCUT2D eigenvalue weighted by molar-refractivity contribution is 0.175. The quantitative estimate of drug-likeness (QED) is 0.557. The number of hydrogen-bond acceptors (Lipinski definition) is 4. The number of nitrogens with two attached hydrogens (primary N) is 1. The van der Waals surface area contributed by atoms with Crippen LogP contribution in [0.1, 0.15) is 11.7 Å². The average Bonchev–Trinajstić information content (AvgIpc) is 2.18. The minimum absolute atomic E-state index is 0.318. The van der Waals surface area contributed by atoms with E-state index in [1.165, 1.54) is 0 Å². The van der Waals surface area contributed by atoms with E-state index in [-0.39, 0.29) is 0 Å². The third-order valence-electron chi connectivity index (χ3n) is 1.87.